The molecule has 2 N–H and O–H groups in total. The lowest BCUT2D eigenvalue weighted by atomic mass is 10.2. The van der Waals surface area contributed by atoms with Crippen molar-refractivity contribution in [3.63, 3.8) is 0 Å². The molecule has 0 radical (unpaired) electrons. The lowest BCUT2D eigenvalue weighted by Crippen LogP contribution is -2.34. The van der Waals surface area contributed by atoms with Gasteiger partial charge in [-0.25, -0.2) is 9.78 Å². The minimum atomic E-state index is -2.93. The molecule has 0 saturated carbocycles. The van der Waals surface area contributed by atoms with E-state index in [4.69, 9.17) is 4.74 Å². The normalized spacial score (nSPS) is 10.6. The smallest absolute Gasteiger partial charge is 0.387 e. The van der Waals surface area contributed by atoms with Gasteiger partial charge in [-0.05, 0) is 31.5 Å². The van der Waals surface area contributed by atoms with Crippen LogP contribution >= 0.6 is 11.3 Å². The summed E-state index contributed by atoms with van der Waals surface area (Å²) in [5, 5.41) is 6.36. The summed E-state index contributed by atoms with van der Waals surface area (Å²) in [7, 11) is 0. The zero-order valence-electron chi connectivity index (χ0n) is 13.8. The fourth-order valence-corrected chi connectivity index (χ4v) is 2.76. The van der Waals surface area contributed by atoms with Crippen LogP contribution in [0.2, 0.25) is 0 Å². The molecule has 25 heavy (non-hydrogen) atoms. The van der Waals surface area contributed by atoms with Crippen molar-refractivity contribution in [3.05, 3.63) is 39.8 Å². The Morgan fingerprint density at radius 1 is 1.28 bits per heavy atom. The number of aromatic nitrogens is 1. The van der Waals surface area contributed by atoms with Crippen molar-refractivity contribution in [1.29, 1.82) is 0 Å². The number of halogens is 2. The van der Waals surface area contributed by atoms with Crippen molar-refractivity contribution in [2.75, 3.05) is 6.61 Å². The van der Waals surface area contributed by atoms with E-state index in [1.807, 2.05) is 6.92 Å². The Labute approximate surface area is 148 Å². The van der Waals surface area contributed by atoms with Gasteiger partial charge in [-0.1, -0.05) is 6.07 Å². The molecule has 1 heterocycles. The molecule has 136 valence electrons. The fraction of sp³-hybridized carbons (Fsp3) is 0.375. The van der Waals surface area contributed by atoms with E-state index in [0.29, 0.717) is 18.7 Å². The molecular formula is C16H19F2N3O3S. The van der Waals surface area contributed by atoms with E-state index < -0.39 is 6.61 Å². The van der Waals surface area contributed by atoms with Crippen molar-refractivity contribution in [1.82, 2.24) is 15.6 Å². The topological polar surface area (TPSA) is 72.5 Å². The van der Waals surface area contributed by atoms with Crippen LogP contribution in [0.4, 0.5) is 13.6 Å². The molecule has 1 aromatic carbocycles. The highest BCUT2D eigenvalue weighted by Gasteiger charge is 2.12. The number of thiazole rings is 1. The Kier molecular flexibility index (Phi) is 6.93. The van der Waals surface area contributed by atoms with Crippen molar-refractivity contribution in [2.45, 2.75) is 33.5 Å². The minimum Gasteiger partial charge on any atom is -0.490 e. The number of carbonyl (C=O) groups excluding carboxylic acids is 1. The van der Waals surface area contributed by atoms with Crippen LogP contribution < -0.4 is 20.1 Å². The summed E-state index contributed by atoms with van der Waals surface area (Å²) in [6.45, 7) is 1.64. The van der Waals surface area contributed by atoms with Gasteiger partial charge in [0.05, 0.1) is 18.2 Å². The Hall–Kier alpha value is -2.42. The first-order valence-corrected chi connectivity index (χ1v) is 8.43. The number of urea groups is 1. The van der Waals surface area contributed by atoms with Gasteiger partial charge in [0.2, 0.25) is 0 Å². The minimum absolute atomic E-state index is 0.0365. The van der Waals surface area contributed by atoms with Gasteiger partial charge < -0.3 is 20.1 Å². The molecular weight excluding hydrogens is 352 g/mol. The second-order valence-electron chi connectivity index (χ2n) is 4.97. The molecule has 2 rings (SSSR count). The maximum absolute atomic E-state index is 12.4. The van der Waals surface area contributed by atoms with Crippen LogP contribution in [0, 0.1) is 6.92 Å². The molecule has 0 spiro atoms. The van der Waals surface area contributed by atoms with E-state index in [1.165, 1.54) is 17.4 Å². The van der Waals surface area contributed by atoms with Gasteiger partial charge in [-0.2, -0.15) is 8.78 Å². The number of rotatable bonds is 8. The molecule has 6 nitrogen and oxygen atoms in total. The van der Waals surface area contributed by atoms with Crippen molar-refractivity contribution < 1.29 is 23.0 Å². The second-order valence-corrected chi connectivity index (χ2v) is 6.29. The number of aryl methyl sites for hydroxylation is 1. The first kappa shape index (κ1) is 18.9. The van der Waals surface area contributed by atoms with Crippen molar-refractivity contribution >= 4 is 17.4 Å². The summed E-state index contributed by atoms with van der Waals surface area (Å²) in [6.07, 6.45) is 1.72. The van der Waals surface area contributed by atoms with Gasteiger partial charge in [0.25, 0.3) is 0 Å². The van der Waals surface area contributed by atoms with Crippen LogP contribution in [0.15, 0.2) is 24.4 Å². The Morgan fingerprint density at radius 3 is 2.68 bits per heavy atom. The average Bonchev–Trinajstić information content (AvgIpc) is 2.98. The van der Waals surface area contributed by atoms with Crippen molar-refractivity contribution in [2.24, 2.45) is 0 Å². The number of carbonyl (C=O) groups is 1. The molecule has 2 amide bonds. The maximum Gasteiger partial charge on any atom is 0.387 e. The Morgan fingerprint density at radius 2 is 2.04 bits per heavy atom. The third kappa shape index (κ3) is 6.18. The number of nitrogens with one attached hydrogen (secondary N) is 2. The maximum atomic E-state index is 12.4. The first-order valence-electron chi connectivity index (χ1n) is 7.61. The zero-order chi connectivity index (χ0) is 18.2. The molecule has 0 aliphatic carbocycles. The van der Waals surface area contributed by atoms with Gasteiger partial charge in [0.1, 0.15) is 0 Å². The summed E-state index contributed by atoms with van der Waals surface area (Å²) < 4.78 is 34.5. The van der Waals surface area contributed by atoms with E-state index in [2.05, 4.69) is 20.4 Å². The van der Waals surface area contributed by atoms with E-state index in [-0.39, 0.29) is 24.1 Å². The molecule has 0 aliphatic rings. The monoisotopic (exact) mass is 371 g/mol. The fourth-order valence-electron chi connectivity index (χ4n) is 2.02. The summed E-state index contributed by atoms with van der Waals surface area (Å²) in [4.78, 5) is 16.9. The van der Waals surface area contributed by atoms with Gasteiger partial charge in [0.15, 0.2) is 11.5 Å². The predicted molar refractivity (Wildman–Crippen MR) is 90.2 cm³/mol. The molecule has 2 aromatic rings. The summed E-state index contributed by atoms with van der Waals surface area (Å²) in [5.41, 5.74) is 0.703. The number of hydrogen-bond donors (Lipinski definition) is 2. The SMILES string of the molecule is CCOc1cc(CNC(=O)NCc2cnc(C)s2)ccc1OC(F)F. The van der Waals surface area contributed by atoms with Crippen LogP contribution in [0.5, 0.6) is 11.5 Å². The highest BCUT2D eigenvalue weighted by Crippen LogP contribution is 2.29. The standard InChI is InChI=1S/C16H19F2N3O3S/c1-3-23-14-6-11(4-5-13(14)24-15(17)18)7-20-16(22)21-9-12-8-19-10(2)25-12/h4-6,8,15H,3,7,9H2,1-2H3,(H2,20,21,22). The summed E-state index contributed by atoms with van der Waals surface area (Å²) in [6, 6.07) is 4.21. The second kappa shape index (κ2) is 9.16. The Balaban J connectivity index is 1.88. The molecule has 9 heteroatoms. The molecule has 1 aromatic heterocycles. The van der Waals surface area contributed by atoms with Gasteiger partial charge in [0, 0.05) is 17.6 Å². The zero-order valence-corrected chi connectivity index (χ0v) is 14.7. The number of amides is 2. The molecule has 0 aliphatic heterocycles. The summed E-state index contributed by atoms with van der Waals surface area (Å²) in [5.74, 6) is 0.174. The number of benzene rings is 1. The first-order chi connectivity index (χ1) is 12.0. The van der Waals surface area contributed by atoms with Crippen LogP contribution in [0.3, 0.4) is 0 Å². The van der Waals surface area contributed by atoms with E-state index in [9.17, 15) is 13.6 Å². The Bertz CT molecular complexity index is 710. The number of ether oxygens (including phenoxy) is 2. The third-order valence-corrected chi connectivity index (χ3v) is 3.98. The third-order valence-electron chi connectivity index (χ3n) is 3.07. The van der Waals surface area contributed by atoms with Crippen molar-refractivity contribution in [3.8, 4) is 11.5 Å². The van der Waals surface area contributed by atoms with Gasteiger partial charge in [-0.3, -0.25) is 0 Å². The molecule has 0 saturated heterocycles. The average molecular weight is 371 g/mol. The van der Waals surface area contributed by atoms with Gasteiger partial charge >= 0.3 is 12.6 Å². The molecule has 0 atom stereocenters. The number of nitrogens with zero attached hydrogens (tertiary/aromatic N) is 1. The van der Waals surface area contributed by atoms with E-state index in [1.54, 1.807) is 25.3 Å². The molecule has 0 unspecified atom stereocenters. The van der Waals surface area contributed by atoms with Crippen LogP contribution in [0.25, 0.3) is 0 Å². The molecule has 0 bridgehead atoms. The van der Waals surface area contributed by atoms with Crippen LogP contribution in [-0.4, -0.2) is 24.2 Å². The quantitative estimate of drug-likeness (QED) is 0.746. The van der Waals surface area contributed by atoms with Gasteiger partial charge in [-0.15, -0.1) is 11.3 Å². The largest absolute Gasteiger partial charge is 0.490 e. The lowest BCUT2D eigenvalue weighted by Gasteiger charge is -2.13. The predicted octanol–water partition coefficient (Wildman–Crippen LogP) is 3.45. The van der Waals surface area contributed by atoms with Crippen LogP contribution in [-0.2, 0) is 13.1 Å². The number of alkyl halides is 2. The van der Waals surface area contributed by atoms with Crippen LogP contribution in [0.1, 0.15) is 22.4 Å². The van der Waals surface area contributed by atoms with E-state index in [0.717, 1.165) is 9.88 Å². The summed E-state index contributed by atoms with van der Waals surface area (Å²) >= 11 is 1.51. The highest BCUT2D eigenvalue weighted by molar-refractivity contribution is 7.11. The lowest BCUT2D eigenvalue weighted by molar-refractivity contribution is -0.0514. The van der Waals surface area contributed by atoms with E-state index >= 15 is 0 Å². The number of hydrogen-bond acceptors (Lipinski definition) is 5. The molecule has 0 fully saturated rings. The highest BCUT2D eigenvalue weighted by atomic mass is 32.1.